The van der Waals surface area contributed by atoms with E-state index in [1.807, 2.05) is 7.05 Å². The van der Waals surface area contributed by atoms with Crippen LogP contribution in [0.25, 0.3) is 0 Å². The second-order valence-corrected chi connectivity index (χ2v) is 3.76. The van der Waals surface area contributed by atoms with E-state index in [0.29, 0.717) is 12.7 Å². The Balaban J connectivity index is 3.25. The highest BCUT2D eigenvalue weighted by molar-refractivity contribution is 5.55. The number of carbonyl (C=O) groups is 1. The van der Waals surface area contributed by atoms with Crippen LogP contribution in [-0.2, 0) is 9.53 Å². The Morgan fingerprint density at radius 1 is 1.40 bits per heavy atom. The molecule has 0 saturated heterocycles. The minimum atomic E-state index is -0.797. The van der Waals surface area contributed by atoms with Gasteiger partial charge in [-0.1, -0.05) is 6.92 Å². The maximum Gasteiger partial charge on any atom is 0.148 e. The van der Waals surface area contributed by atoms with Crippen LogP contribution in [0.1, 0.15) is 26.2 Å². The first kappa shape index (κ1) is 14.6. The number of hydrogen-bond acceptors (Lipinski definition) is 4. The van der Waals surface area contributed by atoms with Gasteiger partial charge in [0.05, 0.1) is 6.61 Å². The molecule has 0 aliphatic carbocycles. The number of nitrogens with zero attached hydrogens (tertiary/aromatic N) is 1. The van der Waals surface area contributed by atoms with Gasteiger partial charge in [-0.25, -0.2) is 0 Å². The van der Waals surface area contributed by atoms with E-state index in [0.717, 1.165) is 39.1 Å². The molecule has 0 aliphatic rings. The summed E-state index contributed by atoms with van der Waals surface area (Å²) in [7, 11) is 2.02. The molecule has 0 rings (SSSR count). The molecule has 1 N–H and O–H groups in total. The summed E-state index contributed by atoms with van der Waals surface area (Å²) in [6.45, 7) is 5.44. The number of hydrogen-bond donors (Lipinski definition) is 1. The van der Waals surface area contributed by atoms with E-state index in [9.17, 15) is 4.79 Å². The standard InChI is InChI=1S/C11H23NO3/c1-3-8-15-9-7-12(2)6-4-5-11(14)10-13/h10-11,14H,3-9H2,1-2H3. The molecule has 0 spiro atoms. The van der Waals surface area contributed by atoms with Crippen molar-refractivity contribution >= 4 is 6.29 Å². The zero-order chi connectivity index (χ0) is 11.5. The fourth-order valence-electron chi connectivity index (χ4n) is 1.22. The molecule has 90 valence electrons. The molecule has 0 bridgehead atoms. The fraction of sp³-hybridized carbons (Fsp3) is 0.909. The number of likely N-dealkylation sites (N-methyl/N-ethyl adjacent to an activating group) is 1. The van der Waals surface area contributed by atoms with E-state index in [4.69, 9.17) is 9.84 Å². The summed E-state index contributed by atoms with van der Waals surface area (Å²) in [5.74, 6) is 0. The van der Waals surface area contributed by atoms with Crippen molar-refractivity contribution in [1.82, 2.24) is 4.90 Å². The number of aldehydes is 1. The van der Waals surface area contributed by atoms with Crippen LogP contribution in [0.5, 0.6) is 0 Å². The van der Waals surface area contributed by atoms with Crippen LogP contribution < -0.4 is 0 Å². The van der Waals surface area contributed by atoms with Crippen molar-refractivity contribution in [2.75, 3.05) is 33.4 Å². The molecule has 0 fully saturated rings. The minimum Gasteiger partial charge on any atom is -0.386 e. The molecule has 0 aromatic heterocycles. The summed E-state index contributed by atoms with van der Waals surface area (Å²) in [6.07, 6.45) is 2.22. The van der Waals surface area contributed by atoms with E-state index in [-0.39, 0.29) is 0 Å². The van der Waals surface area contributed by atoms with Crippen LogP contribution in [0.15, 0.2) is 0 Å². The van der Waals surface area contributed by atoms with Crippen LogP contribution in [0.4, 0.5) is 0 Å². The van der Waals surface area contributed by atoms with Gasteiger partial charge in [0, 0.05) is 13.2 Å². The first-order valence-electron chi connectivity index (χ1n) is 5.60. The van der Waals surface area contributed by atoms with Crippen LogP contribution in [0.2, 0.25) is 0 Å². The highest BCUT2D eigenvalue weighted by Crippen LogP contribution is 1.96. The predicted octanol–water partition coefficient (Wildman–Crippen LogP) is 0.685. The number of carbonyl (C=O) groups excluding carboxylic acids is 1. The lowest BCUT2D eigenvalue weighted by atomic mass is 10.2. The normalized spacial score (nSPS) is 13.1. The predicted molar refractivity (Wildman–Crippen MR) is 59.9 cm³/mol. The molecule has 0 saturated carbocycles. The summed E-state index contributed by atoms with van der Waals surface area (Å²) in [6, 6.07) is 0. The molecule has 1 unspecified atom stereocenters. The molecule has 4 nitrogen and oxygen atoms in total. The van der Waals surface area contributed by atoms with Gasteiger partial charge < -0.3 is 19.5 Å². The van der Waals surface area contributed by atoms with Gasteiger partial charge in [-0.3, -0.25) is 0 Å². The third-order valence-electron chi connectivity index (χ3n) is 2.16. The Hall–Kier alpha value is -0.450. The second kappa shape index (κ2) is 10.1. The molecule has 1 atom stereocenters. The number of aliphatic hydroxyl groups is 1. The monoisotopic (exact) mass is 217 g/mol. The topological polar surface area (TPSA) is 49.8 Å². The Bertz CT molecular complexity index is 153. The molecular weight excluding hydrogens is 194 g/mol. The van der Waals surface area contributed by atoms with Gasteiger partial charge in [0.15, 0.2) is 0 Å². The average molecular weight is 217 g/mol. The van der Waals surface area contributed by atoms with Crippen molar-refractivity contribution in [3.05, 3.63) is 0 Å². The largest absolute Gasteiger partial charge is 0.386 e. The number of aliphatic hydroxyl groups excluding tert-OH is 1. The SMILES string of the molecule is CCCOCCN(C)CCCC(O)C=O. The van der Waals surface area contributed by atoms with Crippen molar-refractivity contribution in [3.63, 3.8) is 0 Å². The van der Waals surface area contributed by atoms with E-state index in [1.54, 1.807) is 0 Å². The summed E-state index contributed by atoms with van der Waals surface area (Å²) in [4.78, 5) is 12.3. The van der Waals surface area contributed by atoms with Gasteiger partial charge in [-0.05, 0) is 32.9 Å². The Labute approximate surface area is 92.2 Å². The van der Waals surface area contributed by atoms with Gasteiger partial charge in [-0.15, -0.1) is 0 Å². The molecular formula is C11H23NO3. The lowest BCUT2D eigenvalue weighted by molar-refractivity contribution is -0.115. The van der Waals surface area contributed by atoms with Crippen LogP contribution in [0, 0.1) is 0 Å². The van der Waals surface area contributed by atoms with Gasteiger partial charge in [0.2, 0.25) is 0 Å². The lowest BCUT2D eigenvalue weighted by Gasteiger charge is -2.16. The first-order valence-corrected chi connectivity index (χ1v) is 5.60. The Morgan fingerprint density at radius 3 is 2.73 bits per heavy atom. The molecule has 0 aliphatic heterocycles. The Kier molecular flexibility index (Phi) is 9.78. The number of ether oxygens (including phenoxy) is 1. The maximum absolute atomic E-state index is 10.1. The third kappa shape index (κ3) is 9.85. The fourth-order valence-corrected chi connectivity index (χ4v) is 1.22. The molecule has 0 amide bonds. The number of rotatable bonds is 10. The second-order valence-electron chi connectivity index (χ2n) is 3.76. The Morgan fingerprint density at radius 2 is 2.13 bits per heavy atom. The third-order valence-corrected chi connectivity index (χ3v) is 2.16. The van der Waals surface area contributed by atoms with Crippen molar-refractivity contribution < 1.29 is 14.6 Å². The molecule has 4 heteroatoms. The molecule has 0 aromatic rings. The van der Waals surface area contributed by atoms with E-state index in [1.165, 1.54) is 0 Å². The van der Waals surface area contributed by atoms with Gasteiger partial charge in [0.25, 0.3) is 0 Å². The van der Waals surface area contributed by atoms with Crippen LogP contribution >= 0.6 is 0 Å². The summed E-state index contributed by atoms with van der Waals surface area (Å²) in [5, 5.41) is 9.01. The average Bonchev–Trinajstić information content (AvgIpc) is 2.24. The molecule has 0 radical (unpaired) electrons. The van der Waals surface area contributed by atoms with Crippen molar-refractivity contribution in [2.45, 2.75) is 32.3 Å². The van der Waals surface area contributed by atoms with Crippen LogP contribution in [-0.4, -0.2) is 55.7 Å². The first-order chi connectivity index (χ1) is 7.20. The quantitative estimate of drug-likeness (QED) is 0.432. The highest BCUT2D eigenvalue weighted by Gasteiger charge is 2.03. The highest BCUT2D eigenvalue weighted by atomic mass is 16.5. The zero-order valence-electron chi connectivity index (χ0n) is 9.82. The van der Waals surface area contributed by atoms with Gasteiger partial charge in [-0.2, -0.15) is 0 Å². The lowest BCUT2D eigenvalue weighted by Crippen LogP contribution is -2.25. The van der Waals surface area contributed by atoms with Crippen molar-refractivity contribution in [1.29, 1.82) is 0 Å². The van der Waals surface area contributed by atoms with Gasteiger partial charge in [0.1, 0.15) is 12.4 Å². The summed E-state index contributed by atoms with van der Waals surface area (Å²) >= 11 is 0. The molecule has 0 heterocycles. The summed E-state index contributed by atoms with van der Waals surface area (Å²) < 4.78 is 5.35. The molecule has 0 aromatic carbocycles. The van der Waals surface area contributed by atoms with E-state index < -0.39 is 6.10 Å². The smallest absolute Gasteiger partial charge is 0.148 e. The molecule has 15 heavy (non-hydrogen) atoms. The van der Waals surface area contributed by atoms with Crippen molar-refractivity contribution in [3.8, 4) is 0 Å². The van der Waals surface area contributed by atoms with E-state index >= 15 is 0 Å². The summed E-state index contributed by atoms with van der Waals surface area (Å²) in [5.41, 5.74) is 0. The zero-order valence-corrected chi connectivity index (χ0v) is 9.82. The van der Waals surface area contributed by atoms with Gasteiger partial charge >= 0.3 is 0 Å². The maximum atomic E-state index is 10.1. The van der Waals surface area contributed by atoms with E-state index in [2.05, 4.69) is 11.8 Å². The minimum absolute atomic E-state index is 0.545. The van der Waals surface area contributed by atoms with Crippen LogP contribution in [0.3, 0.4) is 0 Å². The van der Waals surface area contributed by atoms with Crippen molar-refractivity contribution in [2.24, 2.45) is 0 Å².